The van der Waals surface area contributed by atoms with E-state index in [2.05, 4.69) is 0 Å². The van der Waals surface area contributed by atoms with Crippen LogP contribution in [0.3, 0.4) is 0 Å². The van der Waals surface area contributed by atoms with E-state index in [1.807, 2.05) is 0 Å². The van der Waals surface area contributed by atoms with E-state index in [1.54, 1.807) is 0 Å². The minimum absolute atomic E-state index is 0.105. The largest absolute Gasteiger partial charge is 0.480 e. The predicted octanol–water partition coefficient (Wildman–Crippen LogP) is 1.38. The Morgan fingerprint density at radius 3 is 2.07 bits per heavy atom. The Labute approximate surface area is 87.7 Å². The van der Waals surface area contributed by atoms with Crippen LogP contribution in [0.4, 0.5) is 4.79 Å². The van der Waals surface area contributed by atoms with Crippen LogP contribution in [-0.4, -0.2) is 39.3 Å². The first-order valence-corrected chi connectivity index (χ1v) is 5.14. The lowest BCUT2D eigenvalue weighted by atomic mass is 9.82. The number of carboxylic acids is 1. The zero-order valence-electron chi connectivity index (χ0n) is 8.69. The summed E-state index contributed by atoms with van der Waals surface area (Å²) in [6, 6.07) is 0. The van der Waals surface area contributed by atoms with Crippen molar-refractivity contribution in [1.29, 1.82) is 0 Å². The van der Waals surface area contributed by atoms with Gasteiger partial charge >= 0.3 is 12.1 Å². The molecule has 2 N–H and O–H groups in total. The number of aliphatic carboxylic acids is 1. The Balaban J connectivity index is 2.24. The highest BCUT2D eigenvalue weighted by Crippen LogP contribution is 2.55. The fourth-order valence-corrected chi connectivity index (χ4v) is 2.32. The summed E-state index contributed by atoms with van der Waals surface area (Å²) in [5.41, 5.74) is -1.13. The Morgan fingerprint density at radius 1 is 1.13 bits per heavy atom. The number of piperidine rings is 1. The molecular formula is C10H15NO4. The van der Waals surface area contributed by atoms with E-state index < -0.39 is 17.6 Å². The van der Waals surface area contributed by atoms with Gasteiger partial charge < -0.3 is 10.2 Å². The SMILES string of the molecule is C[C@@]1(C(=O)O)CCC2(CC2)CN1C(=O)O. The second kappa shape index (κ2) is 2.87. The van der Waals surface area contributed by atoms with Gasteiger partial charge in [-0.3, -0.25) is 4.90 Å². The number of hydrogen-bond acceptors (Lipinski definition) is 2. The van der Waals surface area contributed by atoms with Crippen molar-refractivity contribution < 1.29 is 19.8 Å². The molecule has 1 aliphatic heterocycles. The second-order valence-electron chi connectivity index (χ2n) is 4.95. The van der Waals surface area contributed by atoms with E-state index >= 15 is 0 Å². The molecule has 0 aromatic carbocycles. The van der Waals surface area contributed by atoms with E-state index in [0.717, 1.165) is 24.2 Å². The van der Waals surface area contributed by atoms with Crippen molar-refractivity contribution >= 4 is 12.1 Å². The average molecular weight is 213 g/mol. The third-order valence-electron chi connectivity index (χ3n) is 3.88. The highest BCUT2D eigenvalue weighted by Gasteiger charge is 2.56. The first-order valence-electron chi connectivity index (χ1n) is 5.14. The summed E-state index contributed by atoms with van der Waals surface area (Å²) in [7, 11) is 0. The van der Waals surface area contributed by atoms with Crippen molar-refractivity contribution in [3.63, 3.8) is 0 Å². The minimum Gasteiger partial charge on any atom is -0.480 e. The number of likely N-dealkylation sites (tertiary alicyclic amines) is 1. The van der Waals surface area contributed by atoms with Gasteiger partial charge in [0.1, 0.15) is 5.54 Å². The highest BCUT2D eigenvalue weighted by atomic mass is 16.4. The van der Waals surface area contributed by atoms with Crippen molar-refractivity contribution in [2.24, 2.45) is 5.41 Å². The molecule has 1 saturated heterocycles. The van der Waals surface area contributed by atoms with Gasteiger partial charge in [-0.25, -0.2) is 9.59 Å². The van der Waals surface area contributed by atoms with Gasteiger partial charge in [0.25, 0.3) is 0 Å². The fraction of sp³-hybridized carbons (Fsp3) is 0.800. The molecule has 0 bridgehead atoms. The third kappa shape index (κ3) is 1.46. The number of rotatable bonds is 1. The molecule has 1 heterocycles. The standard InChI is InChI=1S/C10H15NO4/c1-9(7(12)13)2-3-10(4-5-10)6-11(9)8(14)15/h2-6H2,1H3,(H,12,13)(H,14,15)/t9-/m0/s1. The monoisotopic (exact) mass is 213 g/mol. The van der Waals surface area contributed by atoms with Crippen LogP contribution in [0.1, 0.15) is 32.6 Å². The molecule has 2 fully saturated rings. The Bertz CT molecular complexity index is 323. The second-order valence-corrected chi connectivity index (χ2v) is 4.95. The van der Waals surface area contributed by atoms with Gasteiger partial charge in [0.05, 0.1) is 0 Å². The Hall–Kier alpha value is -1.26. The van der Waals surface area contributed by atoms with E-state index in [-0.39, 0.29) is 5.41 Å². The van der Waals surface area contributed by atoms with Gasteiger partial charge in [-0.05, 0) is 38.0 Å². The van der Waals surface area contributed by atoms with Crippen molar-refractivity contribution in [2.45, 2.75) is 38.1 Å². The molecular weight excluding hydrogens is 198 g/mol. The molecule has 5 heteroatoms. The van der Waals surface area contributed by atoms with Crippen LogP contribution in [0.5, 0.6) is 0 Å². The number of carbonyl (C=O) groups is 2. The topological polar surface area (TPSA) is 77.8 Å². The van der Waals surface area contributed by atoms with Crippen LogP contribution in [0, 0.1) is 5.41 Å². The molecule has 0 aromatic heterocycles. The van der Waals surface area contributed by atoms with Crippen LogP contribution in [0.2, 0.25) is 0 Å². The molecule has 15 heavy (non-hydrogen) atoms. The summed E-state index contributed by atoms with van der Waals surface area (Å²) < 4.78 is 0. The van der Waals surface area contributed by atoms with E-state index in [9.17, 15) is 9.59 Å². The van der Waals surface area contributed by atoms with Crippen molar-refractivity contribution in [1.82, 2.24) is 4.90 Å². The molecule has 1 saturated carbocycles. The van der Waals surface area contributed by atoms with Gasteiger partial charge in [0.2, 0.25) is 0 Å². The fourth-order valence-electron chi connectivity index (χ4n) is 2.32. The van der Waals surface area contributed by atoms with Crippen LogP contribution in [0.15, 0.2) is 0 Å². The Kier molecular flexibility index (Phi) is 1.96. The number of carboxylic acid groups (broad SMARTS) is 2. The molecule has 84 valence electrons. The molecule has 0 radical (unpaired) electrons. The average Bonchev–Trinajstić information content (AvgIpc) is 2.90. The quantitative estimate of drug-likeness (QED) is 0.689. The summed E-state index contributed by atoms with van der Waals surface area (Å²) in [4.78, 5) is 23.3. The van der Waals surface area contributed by atoms with Crippen molar-refractivity contribution in [3.05, 3.63) is 0 Å². The molecule has 0 aromatic rings. The molecule has 5 nitrogen and oxygen atoms in total. The predicted molar refractivity (Wildman–Crippen MR) is 51.7 cm³/mol. The first-order chi connectivity index (χ1) is 6.90. The Morgan fingerprint density at radius 2 is 1.67 bits per heavy atom. The van der Waals surface area contributed by atoms with Crippen molar-refractivity contribution in [2.75, 3.05) is 6.54 Å². The summed E-state index contributed by atoms with van der Waals surface area (Å²) >= 11 is 0. The summed E-state index contributed by atoms with van der Waals surface area (Å²) in [6.45, 7) is 1.88. The maximum Gasteiger partial charge on any atom is 0.408 e. The zero-order chi connectivity index (χ0) is 11.3. The molecule has 1 atom stereocenters. The molecule has 2 rings (SSSR count). The lowest BCUT2D eigenvalue weighted by Crippen LogP contribution is -2.59. The maximum atomic E-state index is 11.1. The third-order valence-corrected chi connectivity index (χ3v) is 3.88. The van der Waals surface area contributed by atoms with E-state index in [4.69, 9.17) is 10.2 Å². The summed E-state index contributed by atoms with van der Waals surface area (Å²) in [5, 5.41) is 18.1. The van der Waals surface area contributed by atoms with Gasteiger partial charge in [-0.15, -0.1) is 0 Å². The van der Waals surface area contributed by atoms with Crippen LogP contribution in [-0.2, 0) is 4.79 Å². The molecule has 1 spiro atoms. The maximum absolute atomic E-state index is 11.1. The number of nitrogens with zero attached hydrogens (tertiary/aromatic N) is 1. The zero-order valence-corrected chi connectivity index (χ0v) is 8.69. The van der Waals surface area contributed by atoms with Crippen LogP contribution in [0.25, 0.3) is 0 Å². The van der Waals surface area contributed by atoms with E-state index in [0.29, 0.717) is 13.0 Å². The van der Waals surface area contributed by atoms with Gasteiger partial charge in [-0.1, -0.05) is 0 Å². The normalized spacial score (nSPS) is 32.7. The molecule has 2 aliphatic rings. The van der Waals surface area contributed by atoms with Crippen molar-refractivity contribution in [3.8, 4) is 0 Å². The van der Waals surface area contributed by atoms with Gasteiger partial charge in [0, 0.05) is 6.54 Å². The first kappa shape index (κ1) is 10.3. The lowest BCUT2D eigenvalue weighted by molar-refractivity contribution is -0.152. The van der Waals surface area contributed by atoms with Gasteiger partial charge in [-0.2, -0.15) is 0 Å². The minimum atomic E-state index is -1.24. The number of amides is 1. The smallest absolute Gasteiger partial charge is 0.408 e. The molecule has 1 amide bonds. The van der Waals surface area contributed by atoms with E-state index in [1.165, 1.54) is 6.92 Å². The van der Waals surface area contributed by atoms with Crippen LogP contribution < -0.4 is 0 Å². The van der Waals surface area contributed by atoms with Crippen LogP contribution >= 0.6 is 0 Å². The number of hydrogen-bond donors (Lipinski definition) is 2. The summed E-state index contributed by atoms with van der Waals surface area (Å²) in [5.74, 6) is -1.04. The molecule has 0 unspecified atom stereocenters. The summed E-state index contributed by atoms with van der Waals surface area (Å²) in [6.07, 6.45) is 2.21. The highest BCUT2D eigenvalue weighted by molar-refractivity contribution is 5.83. The molecule has 1 aliphatic carbocycles. The lowest BCUT2D eigenvalue weighted by Gasteiger charge is -2.43. The van der Waals surface area contributed by atoms with Gasteiger partial charge in [0.15, 0.2) is 0 Å².